The van der Waals surface area contributed by atoms with E-state index in [1.165, 1.54) is 13.0 Å². The number of benzene rings is 1. The Morgan fingerprint density at radius 2 is 2.00 bits per heavy atom. The van der Waals surface area contributed by atoms with E-state index in [1.54, 1.807) is 24.3 Å². The normalized spacial score (nSPS) is 7.71. The first kappa shape index (κ1) is 11.8. The highest BCUT2D eigenvalue weighted by Gasteiger charge is 1.94. The van der Waals surface area contributed by atoms with Crippen molar-refractivity contribution in [1.29, 1.82) is 0 Å². The molecule has 4 heteroatoms. The first-order chi connectivity index (χ1) is 6.61. The molecule has 0 saturated heterocycles. The summed E-state index contributed by atoms with van der Waals surface area (Å²) in [5, 5.41) is 16.5. The predicted octanol–water partition coefficient (Wildman–Crippen LogP) is 1.10. The zero-order valence-electron chi connectivity index (χ0n) is 7.60. The zero-order valence-corrected chi connectivity index (χ0v) is 7.60. The Bertz CT molecular complexity index is 338. The summed E-state index contributed by atoms with van der Waals surface area (Å²) in [4.78, 5) is 9.13. The lowest BCUT2D eigenvalue weighted by Gasteiger charge is -1.99. The molecule has 0 spiro atoms. The van der Waals surface area contributed by atoms with Gasteiger partial charge in [0.25, 0.3) is 0 Å². The van der Waals surface area contributed by atoms with E-state index in [0.29, 0.717) is 5.75 Å². The number of carboxylic acid groups (broad SMARTS) is 1. The van der Waals surface area contributed by atoms with Crippen molar-refractivity contribution in [2.75, 3.05) is 7.11 Å². The number of aromatic hydroxyl groups is 1. The van der Waals surface area contributed by atoms with Crippen LogP contribution in [0.15, 0.2) is 24.3 Å². The molecule has 0 fully saturated rings. The van der Waals surface area contributed by atoms with E-state index in [9.17, 15) is 0 Å². The van der Waals surface area contributed by atoms with Crippen LogP contribution < -0.4 is 4.74 Å². The Hall–Kier alpha value is -2.15. The SMILES string of the molecule is C#CC(=O)O.COc1ccccc1O. The molecule has 0 aliphatic heterocycles. The number of aliphatic carboxylic acids is 1. The molecule has 0 unspecified atom stereocenters. The van der Waals surface area contributed by atoms with E-state index in [4.69, 9.17) is 19.7 Å². The maximum absolute atomic E-state index is 9.13. The molecule has 0 amide bonds. The van der Waals surface area contributed by atoms with Gasteiger partial charge in [-0.2, -0.15) is 0 Å². The minimum Gasteiger partial charge on any atom is -0.504 e. The molecule has 0 bridgehead atoms. The van der Waals surface area contributed by atoms with Crippen LogP contribution in [0.5, 0.6) is 11.5 Å². The van der Waals surface area contributed by atoms with E-state index >= 15 is 0 Å². The summed E-state index contributed by atoms with van der Waals surface area (Å²) in [7, 11) is 1.52. The van der Waals surface area contributed by atoms with E-state index in [-0.39, 0.29) is 5.75 Å². The Kier molecular flexibility index (Phi) is 5.40. The van der Waals surface area contributed by atoms with Gasteiger partial charge in [0.2, 0.25) is 0 Å². The maximum Gasteiger partial charge on any atom is 0.381 e. The Morgan fingerprint density at radius 1 is 1.50 bits per heavy atom. The van der Waals surface area contributed by atoms with Crippen LogP contribution in [0.2, 0.25) is 0 Å². The third kappa shape index (κ3) is 4.67. The molecule has 0 saturated carbocycles. The standard InChI is InChI=1S/C7H8O2.C3H2O2/c1-9-7-5-3-2-4-6(7)8;1-2-3(4)5/h2-5,8H,1H3;1H,(H,4,5). The topological polar surface area (TPSA) is 66.8 Å². The van der Waals surface area contributed by atoms with Crippen LogP contribution in [-0.4, -0.2) is 23.3 Å². The number of hydrogen-bond donors (Lipinski definition) is 2. The third-order valence-electron chi connectivity index (χ3n) is 1.21. The molecule has 1 aromatic carbocycles. The number of para-hydroxylation sites is 2. The van der Waals surface area contributed by atoms with Crippen LogP contribution in [0.3, 0.4) is 0 Å². The van der Waals surface area contributed by atoms with Crippen LogP contribution in [0, 0.1) is 12.3 Å². The van der Waals surface area contributed by atoms with Gasteiger partial charge in [0.15, 0.2) is 11.5 Å². The quantitative estimate of drug-likeness (QED) is 0.657. The fraction of sp³-hybridized carbons (Fsp3) is 0.100. The summed E-state index contributed by atoms with van der Waals surface area (Å²) in [5.74, 6) is 0.919. The molecule has 2 N–H and O–H groups in total. The van der Waals surface area contributed by atoms with Crippen molar-refractivity contribution >= 4 is 5.97 Å². The largest absolute Gasteiger partial charge is 0.504 e. The highest BCUT2D eigenvalue weighted by atomic mass is 16.5. The molecule has 74 valence electrons. The number of hydrogen-bond acceptors (Lipinski definition) is 3. The number of rotatable bonds is 1. The van der Waals surface area contributed by atoms with Gasteiger partial charge < -0.3 is 14.9 Å². The van der Waals surface area contributed by atoms with E-state index in [1.807, 2.05) is 0 Å². The number of ether oxygens (including phenoxy) is 1. The highest BCUT2D eigenvalue weighted by molar-refractivity contribution is 5.85. The molecular weight excluding hydrogens is 184 g/mol. The molecule has 0 heterocycles. The molecule has 1 rings (SSSR count). The third-order valence-corrected chi connectivity index (χ3v) is 1.21. The summed E-state index contributed by atoms with van der Waals surface area (Å²) in [6.45, 7) is 0. The summed E-state index contributed by atoms with van der Waals surface area (Å²) in [6, 6.07) is 6.84. The van der Waals surface area contributed by atoms with Crippen molar-refractivity contribution in [2.24, 2.45) is 0 Å². The van der Waals surface area contributed by atoms with Crippen molar-refractivity contribution in [3.8, 4) is 23.8 Å². The van der Waals surface area contributed by atoms with Gasteiger partial charge in [0.05, 0.1) is 7.11 Å². The molecule has 0 aliphatic carbocycles. The number of phenolic OH excluding ortho intramolecular Hbond substituents is 1. The zero-order chi connectivity index (χ0) is 11.0. The lowest BCUT2D eigenvalue weighted by Crippen LogP contribution is -1.83. The Labute approximate surface area is 81.8 Å². The molecule has 0 atom stereocenters. The van der Waals surface area contributed by atoms with Gasteiger partial charge in [-0.1, -0.05) is 12.1 Å². The number of methoxy groups -OCH3 is 1. The molecule has 0 aromatic heterocycles. The minimum atomic E-state index is -1.22. The van der Waals surface area contributed by atoms with E-state index in [0.717, 1.165) is 0 Å². The second kappa shape index (κ2) is 6.38. The fourth-order valence-electron chi connectivity index (χ4n) is 0.630. The van der Waals surface area contributed by atoms with Crippen molar-refractivity contribution in [2.45, 2.75) is 0 Å². The minimum absolute atomic E-state index is 0.181. The lowest BCUT2D eigenvalue weighted by atomic mass is 10.3. The molecule has 14 heavy (non-hydrogen) atoms. The number of carboxylic acids is 1. The van der Waals surface area contributed by atoms with Gasteiger partial charge >= 0.3 is 5.97 Å². The van der Waals surface area contributed by atoms with Crippen LogP contribution in [0.1, 0.15) is 0 Å². The Balaban J connectivity index is 0.000000292. The maximum atomic E-state index is 9.13. The average Bonchev–Trinajstić information content (AvgIpc) is 2.19. The fourth-order valence-corrected chi connectivity index (χ4v) is 0.630. The molecular formula is C10H10O4. The summed E-state index contributed by atoms with van der Waals surface area (Å²) in [5.41, 5.74) is 0. The molecule has 0 aliphatic rings. The van der Waals surface area contributed by atoms with Gasteiger partial charge in [0, 0.05) is 5.92 Å². The van der Waals surface area contributed by atoms with Crippen molar-refractivity contribution < 1.29 is 19.7 Å². The van der Waals surface area contributed by atoms with Crippen molar-refractivity contribution in [3.63, 3.8) is 0 Å². The number of carbonyl (C=O) groups is 1. The summed E-state index contributed by atoms with van der Waals surface area (Å²) >= 11 is 0. The van der Waals surface area contributed by atoms with Crippen LogP contribution in [-0.2, 0) is 4.79 Å². The van der Waals surface area contributed by atoms with Gasteiger partial charge in [-0.05, 0) is 12.1 Å². The van der Waals surface area contributed by atoms with E-state index in [2.05, 4.69) is 6.42 Å². The lowest BCUT2D eigenvalue weighted by molar-refractivity contribution is -0.130. The first-order valence-corrected chi connectivity index (χ1v) is 3.63. The number of terminal acetylenes is 1. The van der Waals surface area contributed by atoms with Gasteiger partial charge in [0.1, 0.15) is 0 Å². The average molecular weight is 194 g/mol. The van der Waals surface area contributed by atoms with Gasteiger partial charge in [-0.3, -0.25) is 0 Å². The van der Waals surface area contributed by atoms with Crippen LogP contribution in [0.25, 0.3) is 0 Å². The van der Waals surface area contributed by atoms with Crippen LogP contribution >= 0.6 is 0 Å². The molecule has 4 nitrogen and oxygen atoms in total. The van der Waals surface area contributed by atoms with Gasteiger partial charge in [-0.25, -0.2) is 4.79 Å². The van der Waals surface area contributed by atoms with Crippen LogP contribution in [0.4, 0.5) is 0 Å². The predicted molar refractivity (Wildman–Crippen MR) is 51.1 cm³/mol. The first-order valence-electron chi connectivity index (χ1n) is 3.63. The highest BCUT2D eigenvalue weighted by Crippen LogP contribution is 2.22. The summed E-state index contributed by atoms with van der Waals surface area (Å²) in [6.07, 6.45) is 4.32. The van der Waals surface area contributed by atoms with Gasteiger partial charge in [-0.15, -0.1) is 6.42 Å². The molecule has 1 aromatic rings. The smallest absolute Gasteiger partial charge is 0.381 e. The second-order valence-corrected chi connectivity index (χ2v) is 2.12. The second-order valence-electron chi connectivity index (χ2n) is 2.12. The number of phenols is 1. The van der Waals surface area contributed by atoms with E-state index < -0.39 is 5.97 Å². The Morgan fingerprint density at radius 3 is 2.29 bits per heavy atom. The monoisotopic (exact) mass is 194 g/mol. The summed E-state index contributed by atoms with van der Waals surface area (Å²) < 4.78 is 4.79. The van der Waals surface area contributed by atoms with Crippen molar-refractivity contribution in [3.05, 3.63) is 24.3 Å². The van der Waals surface area contributed by atoms with Crippen molar-refractivity contribution in [1.82, 2.24) is 0 Å². The molecule has 0 radical (unpaired) electrons.